The van der Waals surface area contributed by atoms with Crippen LogP contribution in [0.25, 0.3) is 21.5 Å². The van der Waals surface area contributed by atoms with E-state index in [1.54, 1.807) is 19.1 Å². The molecule has 6 nitrogen and oxygen atoms in total. The quantitative estimate of drug-likeness (QED) is 0.329. The Morgan fingerprint density at radius 1 is 0.765 bits per heavy atom. The lowest BCUT2D eigenvalue weighted by Gasteiger charge is -2.18. The van der Waals surface area contributed by atoms with Gasteiger partial charge in [0, 0.05) is 23.1 Å². The molecule has 1 aliphatic heterocycles. The van der Waals surface area contributed by atoms with Gasteiger partial charge < -0.3 is 19.1 Å². The Bertz CT molecular complexity index is 1410. The smallest absolute Gasteiger partial charge is 0.168 e. The normalized spacial score (nSPS) is 12.9. The summed E-state index contributed by atoms with van der Waals surface area (Å²) >= 11 is 0. The van der Waals surface area contributed by atoms with E-state index in [-0.39, 0.29) is 0 Å². The van der Waals surface area contributed by atoms with Crippen molar-refractivity contribution in [3.8, 4) is 17.2 Å². The summed E-state index contributed by atoms with van der Waals surface area (Å²) < 4.78 is 17.0. The zero-order valence-corrected chi connectivity index (χ0v) is 19.4. The average molecular weight is 454 g/mol. The van der Waals surface area contributed by atoms with Crippen molar-refractivity contribution >= 4 is 33.2 Å². The zero-order chi connectivity index (χ0) is 23.7. The van der Waals surface area contributed by atoms with E-state index in [0.29, 0.717) is 36.3 Å². The van der Waals surface area contributed by atoms with Gasteiger partial charge in [-0.1, -0.05) is 36.4 Å². The summed E-state index contributed by atoms with van der Waals surface area (Å²) in [6.45, 7) is 1.14. The molecule has 5 rings (SSSR count). The van der Waals surface area contributed by atoms with Crippen LogP contribution in [0, 0.1) is 10.8 Å². The molecule has 1 heterocycles. The molecular weight excluding hydrogens is 426 g/mol. The summed E-state index contributed by atoms with van der Waals surface area (Å²) in [5.74, 6) is 3.03. The summed E-state index contributed by atoms with van der Waals surface area (Å²) in [6.07, 6.45) is 1.61. The maximum absolute atomic E-state index is 8.70. The molecule has 0 aliphatic carbocycles. The van der Waals surface area contributed by atoms with Gasteiger partial charge in [0.1, 0.15) is 17.4 Å². The summed E-state index contributed by atoms with van der Waals surface area (Å²) in [7, 11) is 3.31. The molecule has 0 atom stereocenters. The molecule has 6 heteroatoms. The second-order valence-electron chi connectivity index (χ2n) is 8.30. The lowest BCUT2D eigenvalue weighted by molar-refractivity contribution is 0.285. The third kappa shape index (κ3) is 3.71. The van der Waals surface area contributed by atoms with Crippen LogP contribution in [0.15, 0.2) is 66.7 Å². The van der Waals surface area contributed by atoms with Crippen LogP contribution in [0.5, 0.6) is 17.2 Å². The molecule has 0 saturated heterocycles. The number of nitrogens with one attached hydrogen (secondary N) is 2. The molecule has 34 heavy (non-hydrogen) atoms. The average Bonchev–Trinajstić information content (AvgIpc) is 3.12. The predicted molar refractivity (Wildman–Crippen MR) is 136 cm³/mol. The highest BCUT2D eigenvalue weighted by Gasteiger charge is 2.30. The van der Waals surface area contributed by atoms with E-state index in [9.17, 15) is 0 Å². The van der Waals surface area contributed by atoms with Crippen LogP contribution in [0.3, 0.4) is 0 Å². The SMILES string of the molecule is COc1ccc2c(OC)c(OCCCCN3C(=N)c4ccc5ccccc5c4C3=N)ccc2c1. The van der Waals surface area contributed by atoms with E-state index in [1.165, 1.54) is 0 Å². The Hall–Kier alpha value is -4.06. The predicted octanol–water partition coefficient (Wildman–Crippen LogP) is 5.84. The Morgan fingerprint density at radius 3 is 2.41 bits per heavy atom. The zero-order valence-electron chi connectivity index (χ0n) is 19.4. The number of hydrogen-bond acceptors (Lipinski definition) is 5. The fourth-order valence-corrected chi connectivity index (χ4v) is 4.60. The largest absolute Gasteiger partial charge is 0.497 e. The van der Waals surface area contributed by atoms with Crippen LogP contribution >= 0.6 is 0 Å². The molecule has 4 aromatic carbocycles. The highest BCUT2D eigenvalue weighted by atomic mass is 16.5. The molecule has 0 aromatic heterocycles. The first-order chi connectivity index (χ1) is 16.6. The van der Waals surface area contributed by atoms with Crippen molar-refractivity contribution in [2.24, 2.45) is 0 Å². The molecule has 0 saturated carbocycles. The second kappa shape index (κ2) is 9.06. The summed E-state index contributed by atoms with van der Waals surface area (Å²) in [4.78, 5) is 1.79. The van der Waals surface area contributed by atoms with E-state index in [0.717, 1.165) is 51.3 Å². The van der Waals surface area contributed by atoms with Crippen molar-refractivity contribution in [3.63, 3.8) is 0 Å². The number of amidine groups is 2. The first-order valence-electron chi connectivity index (χ1n) is 11.4. The third-order valence-corrected chi connectivity index (χ3v) is 6.34. The van der Waals surface area contributed by atoms with Crippen LogP contribution in [-0.2, 0) is 0 Å². The van der Waals surface area contributed by atoms with Crippen molar-refractivity contribution < 1.29 is 14.2 Å². The van der Waals surface area contributed by atoms with E-state index in [4.69, 9.17) is 25.0 Å². The van der Waals surface area contributed by atoms with Crippen LogP contribution < -0.4 is 14.2 Å². The van der Waals surface area contributed by atoms with Crippen LogP contribution in [-0.4, -0.2) is 43.9 Å². The number of benzene rings is 4. The lowest BCUT2D eigenvalue weighted by Crippen LogP contribution is -2.31. The highest BCUT2D eigenvalue weighted by molar-refractivity contribution is 6.28. The number of methoxy groups -OCH3 is 2. The molecule has 0 bridgehead atoms. The lowest BCUT2D eigenvalue weighted by atomic mass is 10.0. The first-order valence-corrected chi connectivity index (χ1v) is 11.4. The fraction of sp³-hybridized carbons (Fsp3) is 0.214. The van der Waals surface area contributed by atoms with Crippen molar-refractivity contribution in [2.75, 3.05) is 27.4 Å². The molecule has 1 aliphatic rings. The molecule has 172 valence electrons. The second-order valence-corrected chi connectivity index (χ2v) is 8.30. The first kappa shape index (κ1) is 21.8. The summed E-state index contributed by atoms with van der Waals surface area (Å²) in [5.41, 5.74) is 1.69. The van der Waals surface area contributed by atoms with Crippen molar-refractivity contribution in [1.29, 1.82) is 10.8 Å². The summed E-state index contributed by atoms with van der Waals surface area (Å²) in [5, 5.41) is 21.4. The van der Waals surface area contributed by atoms with Gasteiger partial charge in [-0.2, -0.15) is 0 Å². The van der Waals surface area contributed by atoms with Gasteiger partial charge >= 0.3 is 0 Å². The fourth-order valence-electron chi connectivity index (χ4n) is 4.60. The maximum atomic E-state index is 8.70. The van der Waals surface area contributed by atoms with Crippen LogP contribution in [0.4, 0.5) is 0 Å². The minimum absolute atomic E-state index is 0.401. The Morgan fingerprint density at radius 2 is 1.59 bits per heavy atom. The maximum Gasteiger partial charge on any atom is 0.168 e. The number of rotatable bonds is 8. The molecule has 0 amide bonds. The molecular formula is C28H27N3O3. The van der Waals surface area contributed by atoms with Gasteiger partial charge in [-0.25, -0.2) is 0 Å². The van der Waals surface area contributed by atoms with Gasteiger partial charge in [-0.05, 0) is 59.3 Å². The Balaban J connectivity index is 1.22. The minimum Gasteiger partial charge on any atom is -0.497 e. The van der Waals surface area contributed by atoms with E-state index >= 15 is 0 Å². The topological polar surface area (TPSA) is 78.6 Å². The van der Waals surface area contributed by atoms with Gasteiger partial charge in [0.15, 0.2) is 11.5 Å². The van der Waals surface area contributed by atoms with Crippen LogP contribution in [0.1, 0.15) is 24.0 Å². The Labute approximate surface area is 198 Å². The number of fused-ring (bicyclic) bond motifs is 4. The molecule has 0 radical (unpaired) electrons. The number of ether oxygens (including phenoxy) is 3. The van der Waals surface area contributed by atoms with Gasteiger partial charge in [-0.15, -0.1) is 0 Å². The number of hydrogen-bond donors (Lipinski definition) is 2. The third-order valence-electron chi connectivity index (χ3n) is 6.34. The van der Waals surface area contributed by atoms with Gasteiger partial charge in [0.05, 0.1) is 20.8 Å². The molecule has 0 unspecified atom stereocenters. The molecule has 2 N–H and O–H groups in total. The van der Waals surface area contributed by atoms with E-state index < -0.39 is 0 Å². The highest BCUT2D eigenvalue weighted by Crippen LogP contribution is 2.37. The van der Waals surface area contributed by atoms with Crippen molar-refractivity contribution in [1.82, 2.24) is 4.90 Å². The van der Waals surface area contributed by atoms with Gasteiger partial charge in [0.2, 0.25) is 0 Å². The number of nitrogens with zero attached hydrogens (tertiary/aromatic N) is 1. The Kier molecular flexibility index (Phi) is 5.80. The monoisotopic (exact) mass is 453 g/mol. The molecule has 0 fully saturated rings. The van der Waals surface area contributed by atoms with Gasteiger partial charge in [0.25, 0.3) is 0 Å². The molecule has 0 spiro atoms. The van der Waals surface area contributed by atoms with E-state index in [1.807, 2.05) is 66.7 Å². The minimum atomic E-state index is 0.401. The molecule has 4 aromatic rings. The van der Waals surface area contributed by atoms with Crippen molar-refractivity contribution in [3.05, 3.63) is 77.9 Å². The van der Waals surface area contributed by atoms with Crippen molar-refractivity contribution in [2.45, 2.75) is 12.8 Å². The van der Waals surface area contributed by atoms with E-state index in [2.05, 4.69) is 0 Å². The van der Waals surface area contributed by atoms with Crippen LogP contribution in [0.2, 0.25) is 0 Å². The summed E-state index contributed by atoms with van der Waals surface area (Å²) in [6, 6.07) is 21.8. The standard InChI is InChI=1S/C28H27N3O3/c1-32-20-11-13-22-19(17-20)10-14-24(26(22)33-2)34-16-6-5-15-31-27(29)23-12-9-18-7-3-4-8-21(18)25(23)28(31)30/h3-4,7-14,17,29-30H,5-6,15-16H2,1-2H3. The van der Waals surface area contributed by atoms with Gasteiger partial charge in [-0.3, -0.25) is 10.8 Å². The number of unbranched alkanes of at least 4 members (excludes halogenated alkanes) is 1.